The third-order valence-corrected chi connectivity index (χ3v) is 3.73. The van der Waals surface area contributed by atoms with Crippen molar-refractivity contribution in [2.24, 2.45) is 5.92 Å². The molecule has 1 aliphatic heterocycles. The van der Waals surface area contributed by atoms with Crippen LogP contribution < -0.4 is 5.32 Å². The van der Waals surface area contributed by atoms with Gasteiger partial charge in [-0.2, -0.15) is 0 Å². The van der Waals surface area contributed by atoms with Crippen molar-refractivity contribution in [3.8, 4) is 0 Å². The molecule has 100 valence electrons. The lowest BCUT2D eigenvalue weighted by atomic mass is 9.94. The zero-order chi connectivity index (χ0) is 12.8. The Labute approximate surface area is 109 Å². The summed E-state index contributed by atoms with van der Waals surface area (Å²) >= 11 is 0. The van der Waals surface area contributed by atoms with E-state index in [4.69, 9.17) is 0 Å². The van der Waals surface area contributed by atoms with E-state index < -0.39 is 0 Å². The first-order valence-corrected chi connectivity index (χ1v) is 6.82. The van der Waals surface area contributed by atoms with Crippen molar-refractivity contribution in [1.29, 1.82) is 0 Å². The van der Waals surface area contributed by atoms with Crippen LogP contribution in [0.4, 0.5) is 0 Å². The van der Waals surface area contributed by atoms with E-state index in [1.165, 1.54) is 5.69 Å². The fraction of sp³-hybridized carbons (Fsp3) is 0.643. The number of piperidine rings is 1. The molecule has 2 heterocycles. The molecule has 0 radical (unpaired) electrons. The second-order valence-corrected chi connectivity index (χ2v) is 5.16. The zero-order valence-corrected chi connectivity index (χ0v) is 11.1. The number of H-pyrrole nitrogens is 1. The molecule has 1 aliphatic rings. The number of nitrogens with one attached hydrogen (secondary N) is 2. The molecule has 2 rings (SSSR count). The van der Waals surface area contributed by atoms with Gasteiger partial charge >= 0.3 is 0 Å². The van der Waals surface area contributed by atoms with Gasteiger partial charge in [-0.3, -0.25) is 4.79 Å². The maximum Gasteiger partial charge on any atom is 0.222 e. The van der Waals surface area contributed by atoms with Crippen molar-refractivity contribution in [2.75, 3.05) is 26.7 Å². The van der Waals surface area contributed by atoms with Crippen LogP contribution in [-0.4, -0.2) is 42.5 Å². The third-order valence-electron chi connectivity index (χ3n) is 3.73. The topological polar surface area (TPSA) is 48.1 Å². The summed E-state index contributed by atoms with van der Waals surface area (Å²) in [5.74, 6) is 0.861. The molecule has 1 aromatic rings. The first-order chi connectivity index (χ1) is 8.75. The summed E-state index contributed by atoms with van der Waals surface area (Å²) in [6, 6.07) is 4.05. The number of hydrogen-bond donors (Lipinski definition) is 2. The third kappa shape index (κ3) is 3.88. The van der Waals surface area contributed by atoms with Gasteiger partial charge in [0.2, 0.25) is 5.91 Å². The highest BCUT2D eigenvalue weighted by atomic mass is 16.2. The Morgan fingerprint density at radius 3 is 2.89 bits per heavy atom. The van der Waals surface area contributed by atoms with Crippen molar-refractivity contribution in [1.82, 2.24) is 15.2 Å². The summed E-state index contributed by atoms with van der Waals surface area (Å²) in [6.45, 7) is 2.92. The minimum absolute atomic E-state index is 0.286. The molecule has 4 nitrogen and oxygen atoms in total. The first-order valence-electron chi connectivity index (χ1n) is 6.82. The van der Waals surface area contributed by atoms with Crippen molar-refractivity contribution in [3.05, 3.63) is 24.0 Å². The van der Waals surface area contributed by atoms with Gasteiger partial charge in [-0.1, -0.05) is 0 Å². The molecule has 0 aliphatic carbocycles. The average molecular weight is 249 g/mol. The van der Waals surface area contributed by atoms with E-state index in [0.29, 0.717) is 12.3 Å². The van der Waals surface area contributed by atoms with Crippen LogP contribution in [0.25, 0.3) is 0 Å². The van der Waals surface area contributed by atoms with E-state index in [2.05, 4.69) is 16.4 Å². The first kappa shape index (κ1) is 13.1. The number of amides is 1. The number of aromatic nitrogens is 1. The number of aromatic amines is 1. The van der Waals surface area contributed by atoms with Gasteiger partial charge in [0.15, 0.2) is 0 Å². The lowest BCUT2D eigenvalue weighted by molar-refractivity contribution is -0.131. The minimum atomic E-state index is 0.286. The fourth-order valence-electron chi connectivity index (χ4n) is 2.42. The van der Waals surface area contributed by atoms with E-state index in [0.717, 1.165) is 38.9 Å². The predicted molar refractivity (Wildman–Crippen MR) is 72.3 cm³/mol. The van der Waals surface area contributed by atoms with Crippen LogP contribution in [0.2, 0.25) is 0 Å². The summed E-state index contributed by atoms with van der Waals surface area (Å²) in [4.78, 5) is 17.1. The Balaban J connectivity index is 1.70. The minimum Gasteiger partial charge on any atom is -0.365 e. The van der Waals surface area contributed by atoms with Crippen LogP contribution in [0, 0.1) is 5.92 Å². The number of nitrogens with zero attached hydrogens (tertiary/aromatic N) is 1. The SMILES string of the molecule is CN(CCc1ccc[nH]1)C(=O)CC1CCNCC1. The largest absolute Gasteiger partial charge is 0.365 e. The van der Waals surface area contributed by atoms with Crippen LogP contribution in [0.5, 0.6) is 0 Å². The molecule has 18 heavy (non-hydrogen) atoms. The second-order valence-electron chi connectivity index (χ2n) is 5.16. The Hall–Kier alpha value is -1.29. The van der Waals surface area contributed by atoms with Crippen molar-refractivity contribution < 1.29 is 4.79 Å². The van der Waals surface area contributed by atoms with E-state index in [9.17, 15) is 4.79 Å². The summed E-state index contributed by atoms with van der Waals surface area (Å²) < 4.78 is 0. The summed E-state index contributed by atoms with van der Waals surface area (Å²) in [6.07, 6.45) is 5.81. The molecule has 2 N–H and O–H groups in total. The van der Waals surface area contributed by atoms with Gasteiger partial charge in [-0.15, -0.1) is 0 Å². The maximum atomic E-state index is 12.1. The molecule has 0 bridgehead atoms. The predicted octanol–water partition coefficient (Wildman–Crippen LogP) is 1.41. The van der Waals surface area contributed by atoms with Gasteiger partial charge in [0.25, 0.3) is 0 Å². The number of carbonyl (C=O) groups excluding carboxylic acids is 1. The number of carbonyl (C=O) groups is 1. The molecule has 0 spiro atoms. The van der Waals surface area contributed by atoms with E-state index >= 15 is 0 Å². The molecule has 0 aromatic carbocycles. The van der Waals surface area contributed by atoms with Crippen LogP contribution in [0.3, 0.4) is 0 Å². The molecular formula is C14H23N3O. The molecule has 1 aromatic heterocycles. The van der Waals surface area contributed by atoms with Gasteiger partial charge in [-0.25, -0.2) is 0 Å². The van der Waals surface area contributed by atoms with E-state index in [1.807, 2.05) is 24.2 Å². The van der Waals surface area contributed by atoms with Gasteiger partial charge in [0.05, 0.1) is 0 Å². The number of hydrogen-bond acceptors (Lipinski definition) is 2. The molecule has 0 saturated carbocycles. The Morgan fingerprint density at radius 1 is 1.44 bits per heavy atom. The Bertz CT molecular complexity index is 355. The van der Waals surface area contributed by atoms with E-state index in [1.54, 1.807) is 0 Å². The quantitative estimate of drug-likeness (QED) is 0.829. The fourth-order valence-corrected chi connectivity index (χ4v) is 2.42. The van der Waals surface area contributed by atoms with Crippen molar-refractivity contribution in [3.63, 3.8) is 0 Å². The van der Waals surface area contributed by atoms with Crippen LogP contribution >= 0.6 is 0 Å². The Kier molecular flexibility index (Phi) is 4.81. The van der Waals surface area contributed by atoms with Gasteiger partial charge in [-0.05, 0) is 44.0 Å². The van der Waals surface area contributed by atoms with E-state index in [-0.39, 0.29) is 5.91 Å². The van der Waals surface area contributed by atoms with Crippen molar-refractivity contribution in [2.45, 2.75) is 25.7 Å². The highest BCUT2D eigenvalue weighted by Crippen LogP contribution is 2.16. The summed E-state index contributed by atoms with van der Waals surface area (Å²) in [5, 5.41) is 3.33. The molecule has 1 saturated heterocycles. The van der Waals surface area contributed by atoms with Crippen molar-refractivity contribution >= 4 is 5.91 Å². The average Bonchev–Trinajstić information content (AvgIpc) is 2.90. The van der Waals surface area contributed by atoms with Crippen LogP contribution in [0.1, 0.15) is 25.0 Å². The lowest BCUT2D eigenvalue weighted by Crippen LogP contribution is -2.34. The van der Waals surface area contributed by atoms with Gasteiger partial charge in [0, 0.05) is 38.3 Å². The summed E-state index contributed by atoms with van der Waals surface area (Å²) in [5.41, 5.74) is 1.19. The number of rotatable bonds is 5. The molecular weight excluding hydrogens is 226 g/mol. The smallest absolute Gasteiger partial charge is 0.222 e. The standard InChI is InChI=1S/C14H23N3O/c1-17(10-6-13-3-2-7-16-13)14(18)11-12-4-8-15-9-5-12/h2-3,7,12,15-16H,4-6,8-11H2,1H3. The monoisotopic (exact) mass is 249 g/mol. The molecule has 1 amide bonds. The molecule has 4 heteroatoms. The second kappa shape index (κ2) is 6.59. The highest BCUT2D eigenvalue weighted by Gasteiger charge is 2.18. The lowest BCUT2D eigenvalue weighted by Gasteiger charge is -2.24. The molecule has 1 fully saturated rings. The maximum absolute atomic E-state index is 12.1. The molecule has 0 atom stereocenters. The van der Waals surface area contributed by atoms with Crippen LogP contribution in [-0.2, 0) is 11.2 Å². The highest BCUT2D eigenvalue weighted by molar-refractivity contribution is 5.76. The normalized spacial score (nSPS) is 16.7. The Morgan fingerprint density at radius 2 is 2.22 bits per heavy atom. The number of likely N-dealkylation sites (N-methyl/N-ethyl adjacent to an activating group) is 1. The molecule has 0 unspecified atom stereocenters. The summed E-state index contributed by atoms with van der Waals surface area (Å²) in [7, 11) is 1.91. The van der Waals surface area contributed by atoms with Crippen LogP contribution in [0.15, 0.2) is 18.3 Å². The zero-order valence-electron chi connectivity index (χ0n) is 11.1. The van der Waals surface area contributed by atoms with Gasteiger partial charge in [0.1, 0.15) is 0 Å². The van der Waals surface area contributed by atoms with Gasteiger partial charge < -0.3 is 15.2 Å².